The van der Waals surface area contributed by atoms with Crippen molar-refractivity contribution >= 4 is 5.78 Å². The summed E-state index contributed by atoms with van der Waals surface area (Å²) in [6, 6.07) is 8.53. The largest absolute Gasteiger partial charge is 0.508 e. The number of carbonyl (C=O) groups is 1. The molecule has 3 aliphatic rings. The Morgan fingerprint density at radius 2 is 1.49 bits per heavy atom. The standard InChI is InChI=1S/C27H32O14/c1-10-20(31)22(33)24(35)26(38-10)37-9-18-21(32)23(34)25(36)27(41-18)39-13-4-2-11(3-5-13)16-8-15(30)19-14(29)6-12(28)7-17(19)40-16/h2-7,10,16,18,20-29,31-36H,8-9H2,1H3/t10-,16-,18-,20-,21-,22-,23-,24+,25-,26+,27-/m0/s1. The first-order chi connectivity index (χ1) is 19.4. The zero-order chi connectivity index (χ0) is 29.6. The van der Waals surface area contributed by atoms with Gasteiger partial charge < -0.3 is 64.5 Å². The molecule has 0 amide bonds. The second-order valence-electron chi connectivity index (χ2n) is 10.3. The zero-order valence-electron chi connectivity index (χ0n) is 21.8. The molecule has 0 unspecified atom stereocenters. The molecule has 224 valence electrons. The summed E-state index contributed by atoms with van der Waals surface area (Å²) in [7, 11) is 0. The van der Waals surface area contributed by atoms with Crippen molar-refractivity contribution in [2.45, 2.75) is 80.9 Å². The van der Waals surface area contributed by atoms with Crippen LogP contribution in [0, 0.1) is 0 Å². The van der Waals surface area contributed by atoms with E-state index in [0.29, 0.717) is 5.56 Å². The van der Waals surface area contributed by atoms with Crippen LogP contribution in [-0.4, -0.2) is 115 Å². The van der Waals surface area contributed by atoms with Crippen LogP contribution in [0.15, 0.2) is 36.4 Å². The van der Waals surface area contributed by atoms with Gasteiger partial charge in [0, 0.05) is 12.1 Å². The van der Waals surface area contributed by atoms with Crippen LogP contribution < -0.4 is 9.47 Å². The van der Waals surface area contributed by atoms with Crippen molar-refractivity contribution in [1.82, 2.24) is 0 Å². The average molecular weight is 581 g/mol. The Morgan fingerprint density at radius 1 is 0.829 bits per heavy atom. The molecule has 14 nitrogen and oxygen atoms in total. The first-order valence-electron chi connectivity index (χ1n) is 13.0. The van der Waals surface area contributed by atoms with Gasteiger partial charge in [0.1, 0.15) is 77.4 Å². The molecule has 3 aliphatic heterocycles. The van der Waals surface area contributed by atoms with E-state index in [2.05, 4.69) is 0 Å². The minimum Gasteiger partial charge on any atom is -0.508 e. The number of aromatic hydroxyl groups is 2. The van der Waals surface area contributed by atoms with Crippen molar-refractivity contribution < 1.29 is 69.3 Å². The molecule has 2 saturated heterocycles. The van der Waals surface area contributed by atoms with E-state index < -0.39 is 74.1 Å². The minimum atomic E-state index is -1.68. The summed E-state index contributed by atoms with van der Waals surface area (Å²) in [4.78, 5) is 12.6. The van der Waals surface area contributed by atoms with Crippen LogP contribution in [0.25, 0.3) is 0 Å². The number of rotatable bonds is 6. The maximum atomic E-state index is 12.6. The second kappa shape index (κ2) is 11.7. The number of hydrogen-bond donors (Lipinski definition) is 8. The number of carbonyl (C=O) groups excluding carboxylic acids is 1. The Bertz CT molecular complexity index is 1240. The van der Waals surface area contributed by atoms with Crippen LogP contribution in [0.1, 0.15) is 35.4 Å². The smallest absolute Gasteiger partial charge is 0.229 e. The highest BCUT2D eigenvalue weighted by Gasteiger charge is 2.47. The molecule has 0 aliphatic carbocycles. The van der Waals surface area contributed by atoms with Gasteiger partial charge in [0.25, 0.3) is 0 Å². The van der Waals surface area contributed by atoms with Crippen molar-refractivity contribution in [1.29, 1.82) is 0 Å². The summed E-state index contributed by atoms with van der Waals surface area (Å²) in [5.74, 6) is -0.734. The van der Waals surface area contributed by atoms with Gasteiger partial charge in [-0.15, -0.1) is 0 Å². The summed E-state index contributed by atoms with van der Waals surface area (Å²) in [5.41, 5.74) is 0.577. The normalized spacial score (nSPS) is 37.2. The van der Waals surface area contributed by atoms with Gasteiger partial charge >= 0.3 is 0 Å². The van der Waals surface area contributed by atoms with Gasteiger partial charge in [-0.1, -0.05) is 12.1 Å². The van der Waals surface area contributed by atoms with E-state index in [1.165, 1.54) is 25.1 Å². The number of phenols is 2. The highest BCUT2D eigenvalue weighted by atomic mass is 16.7. The number of benzene rings is 2. The van der Waals surface area contributed by atoms with Crippen LogP contribution in [0.2, 0.25) is 0 Å². The number of aliphatic hydroxyl groups excluding tert-OH is 6. The van der Waals surface area contributed by atoms with Gasteiger partial charge in [-0.3, -0.25) is 4.79 Å². The van der Waals surface area contributed by atoms with Gasteiger partial charge in [-0.25, -0.2) is 0 Å². The molecular formula is C27H32O14. The van der Waals surface area contributed by atoms with Crippen molar-refractivity contribution in [3.63, 3.8) is 0 Å². The maximum Gasteiger partial charge on any atom is 0.229 e. The highest BCUT2D eigenvalue weighted by Crippen LogP contribution is 2.42. The van der Waals surface area contributed by atoms with Crippen molar-refractivity contribution in [3.8, 4) is 23.0 Å². The lowest BCUT2D eigenvalue weighted by Crippen LogP contribution is -2.61. The highest BCUT2D eigenvalue weighted by molar-refractivity contribution is 6.02. The number of aliphatic hydroxyl groups is 6. The van der Waals surface area contributed by atoms with Crippen molar-refractivity contribution in [2.24, 2.45) is 0 Å². The summed E-state index contributed by atoms with van der Waals surface area (Å²) in [6.07, 6.45) is -15.0. The second-order valence-corrected chi connectivity index (χ2v) is 10.3. The molecule has 2 aromatic rings. The third-order valence-corrected chi connectivity index (χ3v) is 7.39. The first kappa shape index (κ1) is 29.4. The molecule has 0 spiro atoms. The Balaban J connectivity index is 1.22. The summed E-state index contributed by atoms with van der Waals surface area (Å²) < 4.78 is 28.0. The van der Waals surface area contributed by atoms with E-state index in [0.717, 1.165) is 6.07 Å². The van der Waals surface area contributed by atoms with Crippen LogP contribution >= 0.6 is 0 Å². The fourth-order valence-corrected chi connectivity index (χ4v) is 5.00. The molecule has 3 heterocycles. The average Bonchev–Trinajstić information content (AvgIpc) is 2.93. The molecule has 0 bridgehead atoms. The number of ether oxygens (including phenoxy) is 5. The predicted molar refractivity (Wildman–Crippen MR) is 134 cm³/mol. The predicted octanol–water partition coefficient (Wildman–Crippen LogP) is -1.17. The Labute approximate surface area is 233 Å². The summed E-state index contributed by atoms with van der Waals surface area (Å²) in [5, 5.41) is 80.9. The number of hydrogen-bond acceptors (Lipinski definition) is 14. The monoisotopic (exact) mass is 580 g/mol. The van der Waals surface area contributed by atoms with Gasteiger partial charge in [0.15, 0.2) is 12.1 Å². The van der Waals surface area contributed by atoms with Crippen LogP contribution in [-0.2, 0) is 14.2 Å². The third-order valence-electron chi connectivity index (χ3n) is 7.39. The molecule has 2 aromatic carbocycles. The first-order valence-corrected chi connectivity index (χ1v) is 13.0. The van der Waals surface area contributed by atoms with Crippen molar-refractivity contribution in [2.75, 3.05) is 6.61 Å². The third kappa shape index (κ3) is 5.83. The van der Waals surface area contributed by atoms with Crippen LogP contribution in [0.5, 0.6) is 23.0 Å². The van der Waals surface area contributed by atoms with Crippen LogP contribution in [0.4, 0.5) is 0 Å². The summed E-state index contributed by atoms with van der Waals surface area (Å²) >= 11 is 0. The SMILES string of the molecule is C[C@@H]1O[C@@H](OC[C@@H]2O[C@H](Oc3ccc([C@@H]4CC(=O)c5c(O)cc(O)cc5O4)cc3)[C@@H](O)[C@@H](O)[C@H]2O)[C@H](O)[C@@H](O)[C@H]1O. The van der Waals surface area contributed by atoms with Crippen molar-refractivity contribution in [3.05, 3.63) is 47.5 Å². The fraction of sp³-hybridized carbons (Fsp3) is 0.519. The van der Waals surface area contributed by atoms with E-state index in [4.69, 9.17) is 23.7 Å². The Hall–Kier alpha value is -3.05. The number of ketones is 1. The van der Waals surface area contributed by atoms with E-state index in [9.17, 15) is 45.6 Å². The van der Waals surface area contributed by atoms with Crippen LogP contribution in [0.3, 0.4) is 0 Å². The van der Waals surface area contributed by atoms with Gasteiger partial charge in [0.05, 0.1) is 19.1 Å². The molecule has 5 rings (SSSR count). The fourth-order valence-electron chi connectivity index (χ4n) is 5.00. The molecule has 0 saturated carbocycles. The van der Waals surface area contributed by atoms with Gasteiger partial charge in [-0.05, 0) is 24.6 Å². The van der Waals surface area contributed by atoms with E-state index in [1.807, 2.05) is 0 Å². The Morgan fingerprint density at radius 3 is 2.20 bits per heavy atom. The Kier molecular flexibility index (Phi) is 8.39. The quantitative estimate of drug-likeness (QED) is 0.202. The number of phenolic OH excluding ortho intramolecular Hbond substituents is 2. The topological polar surface area (TPSA) is 225 Å². The number of fused-ring (bicyclic) bond motifs is 1. The summed E-state index contributed by atoms with van der Waals surface area (Å²) in [6.45, 7) is 1.05. The lowest BCUT2D eigenvalue weighted by atomic mass is 9.95. The molecule has 41 heavy (non-hydrogen) atoms. The lowest BCUT2D eigenvalue weighted by molar-refractivity contribution is -0.318. The minimum absolute atomic E-state index is 0.00504. The molecule has 2 fully saturated rings. The van der Waals surface area contributed by atoms with Gasteiger partial charge in [0.2, 0.25) is 6.29 Å². The van der Waals surface area contributed by atoms with E-state index in [1.54, 1.807) is 12.1 Å². The molecule has 0 aromatic heterocycles. The lowest BCUT2D eigenvalue weighted by Gasteiger charge is -2.42. The van der Waals surface area contributed by atoms with E-state index in [-0.39, 0.29) is 40.8 Å². The zero-order valence-corrected chi connectivity index (χ0v) is 21.8. The molecule has 11 atom stereocenters. The molecule has 0 radical (unpaired) electrons. The molecular weight excluding hydrogens is 548 g/mol. The van der Waals surface area contributed by atoms with E-state index >= 15 is 0 Å². The maximum absolute atomic E-state index is 12.6. The van der Waals surface area contributed by atoms with Gasteiger partial charge in [-0.2, -0.15) is 0 Å². The number of Topliss-reactive ketones (excluding diaryl/α,β-unsaturated/α-hetero) is 1. The molecule has 8 N–H and O–H groups in total. The molecule has 14 heteroatoms.